The summed E-state index contributed by atoms with van der Waals surface area (Å²) in [5.74, 6) is 1.60. The second-order valence-corrected chi connectivity index (χ2v) is 6.19. The first-order chi connectivity index (χ1) is 13.1. The SMILES string of the molecule is COc1ccc(-c2nc(CCNC(=O)c3cc(Cl)cc(OC)c3)co2)cc1. The molecule has 1 N–H and O–H groups in total. The van der Waals surface area contributed by atoms with Gasteiger partial charge in [0.2, 0.25) is 5.89 Å². The molecular weight excluding hydrogens is 368 g/mol. The van der Waals surface area contributed by atoms with Crippen LogP contribution < -0.4 is 14.8 Å². The van der Waals surface area contributed by atoms with E-state index in [2.05, 4.69) is 10.3 Å². The topological polar surface area (TPSA) is 73.6 Å². The third-order valence-electron chi connectivity index (χ3n) is 3.92. The van der Waals surface area contributed by atoms with E-state index in [-0.39, 0.29) is 5.91 Å². The number of nitrogens with one attached hydrogen (secondary N) is 1. The van der Waals surface area contributed by atoms with Crippen LogP contribution in [0, 0.1) is 0 Å². The van der Waals surface area contributed by atoms with Gasteiger partial charge in [-0.25, -0.2) is 4.98 Å². The summed E-state index contributed by atoms with van der Waals surface area (Å²) in [5, 5.41) is 3.28. The van der Waals surface area contributed by atoms with Crippen molar-refractivity contribution < 1.29 is 18.7 Å². The van der Waals surface area contributed by atoms with Gasteiger partial charge in [0.05, 0.1) is 19.9 Å². The van der Waals surface area contributed by atoms with Gasteiger partial charge in [-0.15, -0.1) is 0 Å². The Morgan fingerprint density at radius 3 is 2.56 bits per heavy atom. The lowest BCUT2D eigenvalue weighted by Crippen LogP contribution is -2.25. The highest BCUT2D eigenvalue weighted by Crippen LogP contribution is 2.22. The molecule has 0 unspecified atom stereocenters. The van der Waals surface area contributed by atoms with Gasteiger partial charge >= 0.3 is 0 Å². The number of halogens is 1. The summed E-state index contributed by atoms with van der Waals surface area (Å²) in [4.78, 5) is 16.7. The summed E-state index contributed by atoms with van der Waals surface area (Å²) < 4.78 is 15.8. The Balaban J connectivity index is 1.57. The molecule has 0 radical (unpaired) electrons. The summed E-state index contributed by atoms with van der Waals surface area (Å²) in [6, 6.07) is 12.3. The molecule has 1 aromatic heterocycles. The third-order valence-corrected chi connectivity index (χ3v) is 4.14. The number of carbonyl (C=O) groups excluding carboxylic acids is 1. The Hall–Kier alpha value is -2.99. The van der Waals surface area contributed by atoms with Gasteiger partial charge in [-0.05, 0) is 42.5 Å². The second-order valence-electron chi connectivity index (χ2n) is 5.76. The van der Waals surface area contributed by atoms with E-state index in [4.69, 9.17) is 25.5 Å². The van der Waals surface area contributed by atoms with Gasteiger partial charge in [-0.2, -0.15) is 0 Å². The summed E-state index contributed by atoms with van der Waals surface area (Å²) in [5.41, 5.74) is 2.06. The van der Waals surface area contributed by atoms with Crippen LogP contribution in [0.1, 0.15) is 16.1 Å². The minimum absolute atomic E-state index is 0.227. The number of hydrogen-bond acceptors (Lipinski definition) is 5. The molecule has 1 amide bonds. The molecule has 0 saturated heterocycles. The molecule has 0 aliphatic rings. The van der Waals surface area contributed by atoms with Crippen molar-refractivity contribution in [3.05, 3.63) is 65.0 Å². The standard InChI is InChI=1S/C20H19ClN2O4/c1-25-17-5-3-13(4-6-17)20-23-16(12-27-20)7-8-22-19(24)14-9-15(21)11-18(10-14)26-2/h3-6,9-12H,7-8H2,1-2H3,(H,22,24). The number of rotatable bonds is 7. The fraction of sp³-hybridized carbons (Fsp3) is 0.200. The molecule has 0 atom stereocenters. The highest BCUT2D eigenvalue weighted by Gasteiger charge is 2.10. The van der Waals surface area contributed by atoms with Gasteiger partial charge in [0, 0.05) is 29.1 Å². The molecule has 0 bridgehead atoms. The normalized spacial score (nSPS) is 10.5. The van der Waals surface area contributed by atoms with E-state index < -0.39 is 0 Å². The Bertz CT molecular complexity index is 922. The van der Waals surface area contributed by atoms with Crippen LogP contribution in [0.5, 0.6) is 11.5 Å². The van der Waals surface area contributed by atoms with Crippen molar-refractivity contribution in [2.24, 2.45) is 0 Å². The highest BCUT2D eigenvalue weighted by atomic mass is 35.5. The maximum atomic E-state index is 12.3. The van der Waals surface area contributed by atoms with Crippen LogP contribution in [-0.4, -0.2) is 31.7 Å². The second kappa shape index (κ2) is 8.60. The number of benzene rings is 2. The average molecular weight is 387 g/mol. The Labute approximate surface area is 162 Å². The van der Waals surface area contributed by atoms with Gasteiger partial charge in [-0.1, -0.05) is 11.6 Å². The minimum atomic E-state index is -0.227. The number of carbonyl (C=O) groups is 1. The van der Waals surface area contributed by atoms with E-state index in [0.717, 1.165) is 17.0 Å². The van der Waals surface area contributed by atoms with E-state index in [9.17, 15) is 4.79 Å². The molecule has 0 aliphatic carbocycles. The van der Waals surface area contributed by atoms with E-state index >= 15 is 0 Å². The predicted octanol–water partition coefficient (Wildman–Crippen LogP) is 3.98. The Morgan fingerprint density at radius 2 is 1.85 bits per heavy atom. The van der Waals surface area contributed by atoms with Gasteiger partial charge in [0.15, 0.2) is 0 Å². The first kappa shape index (κ1) is 18.8. The largest absolute Gasteiger partial charge is 0.497 e. The van der Waals surface area contributed by atoms with Gasteiger partial charge in [-0.3, -0.25) is 4.79 Å². The lowest BCUT2D eigenvalue weighted by atomic mass is 10.2. The van der Waals surface area contributed by atoms with Crippen LogP contribution in [0.3, 0.4) is 0 Å². The summed E-state index contributed by atoms with van der Waals surface area (Å²) >= 11 is 5.99. The van der Waals surface area contributed by atoms with Crippen LogP contribution in [-0.2, 0) is 6.42 Å². The number of methoxy groups -OCH3 is 2. The summed E-state index contributed by atoms with van der Waals surface area (Å²) in [6.07, 6.45) is 2.14. The molecule has 2 aromatic carbocycles. The van der Waals surface area contributed by atoms with Crippen LogP contribution in [0.15, 0.2) is 53.1 Å². The molecular formula is C20H19ClN2O4. The molecule has 3 aromatic rings. The smallest absolute Gasteiger partial charge is 0.251 e. The Morgan fingerprint density at radius 1 is 1.11 bits per heavy atom. The molecule has 27 heavy (non-hydrogen) atoms. The quantitative estimate of drug-likeness (QED) is 0.664. The summed E-state index contributed by atoms with van der Waals surface area (Å²) in [6.45, 7) is 0.419. The van der Waals surface area contributed by atoms with Crippen LogP contribution in [0.4, 0.5) is 0 Å². The molecule has 7 heteroatoms. The van der Waals surface area contributed by atoms with E-state index in [1.54, 1.807) is 31.6 Å². The monoisotopic (exact) mass is 386 g/mol. The average Bonchev–Trinajstić information content (AvgIpc) is 3.16. The van der Waals surface area contributed by atoms with Crippen LogP contribution >= 0.6 is 11.6 Å². The number of hydrogen-bond donors (Lipinski definition) is 1. The lowest BCUT2D eigenvalue weighted by Gasteiger charge is -2.07. The van der Waals surface area contributed by atoms with Crippen molar-refractivity contribution in [3.63, 3.8) is 0 Å². The van der Waals surface area contributed by atoms with Crippen LogP contribution in [0.25, 0.3) is 11.5 Å². The molecule has 0 aliphatic heterocycles. The van der Waals surface area contributed by atoms with Crippen molar-refractivity contribution in [3.8, 4) is 23.0 Å². The molecule has 1 heterocycles. The zero-order chi connectivity index (χ0) is 19.2. The van der Waals surface area contributed by atoms with Crippen molar-refractivity contribution in [1.29, 1.82) is 0 Å². The van der Waals surface area contributed by atoms with Crippen LogP contribution in [0.2, 0.25) is 5.02 Å². The maximum absolute atomic E-state index is 12.3. The number of aromatic nitrogens is 1. The van der Waals surface area contributed by atoms with Crippen molar-refractivity contribution in [2.75, 3.05) is 20.8 Å². The van der Waals surface area contributed by atoms with E-state index in [1.165, 1.54) is 7.11 Å². The predicted molar refractivity (Wildman–Crippen MR) is 103 cm³/mol. The highest BCUT2D eigenvalue weighted by molar-refractivity contribution is 6.31. The molecule has 140 valence electrons. The first-order valence-corrected chi connectivity index (χ1v) is 8.68. The van der Waals surface area contributed by atoms with E-state index in [0.29, 0.717) is 35.2 Å². The molecule has 0 spiro atoms. The Kier molecular flexibility index (Phi) is 5.98. The zero-order valence-electron chi connectivity index (χ0n) is 15.0. The fourth-order valence-corrected chi connectivity index (χ4v) is 2.73. The number of ether oxygens (including phenoxy) is 2. The maximum Gasteiger partial charge on any atom is 0.251 e. The molecule has 6 nitrogen and oxygen atoms in total. The van der Waals surface area contributed by atoms with Gasteiger partial charge < -0.3 is 19.2 Å². The summed E-state index contributed by atoms with van der Waals surface area (Å²) in [7, 11) is 3.14. The van der Waals surface area contributed by atoms with Crippen molar-refractivity contribution >= 4 is 17.5 Å². The first-order valence-electron chi connectivity index (χ1n) is 8.30. The fourth-order valence-electron chi connectivity index (χ4n) is 2.51. The van der Waals surface area contributed by atoms with Gasteiger partial charge in [0.1, 0.15) is 17.8 Å². The number of nitrogens with zero attached hydrogens (tertiary/aromatic N) is 1. The minimum Gasteiger partial charge on any atom is -0.497 e. The third kappa shape index (κ3) is 4.80. The molecule has 0 saturated carbocycles. The van der Waals surface area contributed by atoms with Crippen molar-refractivity contribution in [2.45, 2.75) is 6.42 Å². The molecule has 0 fully saturated rings. The van der Waals surface area contributed by atoms with Gasteiger partial charge in [0.25, 0.3) is 5.91 Å². The van der Waals surface area contributed by atoms with E-state index in [1.807, 2.05) is 24.3 Å². The number of oxazole rings is 1. The molecule has 3 rings (SSSR count). The number of amides is 1. The lowest BCUT2D eigenvalue weighted by molar-refractivity contribution is 0.0953. The zero-order valence-corrected chi connectivity index (χ0v) is 15.7. The van der Waals surface area contributed by atoms with Crippen molar-refractivity contribution in [1.82, 2.24) is 10.3 Å².